The monoisotopic (exact) mass is 209 g/mol. The molecule has 1 aromatic carbocycles. The lowest BCUT2D eigenvalue weighted by atomic mass is 10.2. The SMILES string of the molecule is O=C(O)CNCc1ccc2c(c1)OCO2. The Hall–Kier alpha value is -1.75. The Morgan fingerprint density at radius 1 is 1.40 bits per heavy atom. The predicted octanol–water partition coefficient (Wildman–Crippen LogP) is 0.589. The molecule has 0 radical (unpaired) electrons. The van der Waals surface area contributed by atoms with Crippen molar-refractivity contribution in [3.8, 4) is 11.5 Å². The number of benzene rings is 1. The van der Waals surface area contributed by atoms with Gasteiger partial charge in [-0.1, -0.05) is 6.07 Å². The van der Waals surface area contributed by atoms with E-state index in [1.54, 1.807) is 0 Å². The minimum atomic E-state index is -0.865. The number of carboxylic acids is 1. The maximum Gasteiger partial charge on any atom is 0.317 e. The van der Waals surface area contributed by atoms with E-state index in [9.17, 15) is 4.79 Å². The van der Waals surface area contributed by atoms with E-state index in [-0.39, 0.29) is 13.3 Å². The molecule has 0 aliphatic carbocycles. The van der Waals surface area contributed by atoms with Gasteiger partial charge >= 0.3 is 5.97 Å². The zero-order chi connectivity index (χ0) is 10.7. The van der Waals surface area contributed by atoms with Crippen LogP contribution in [0, 0.1) is 0 Å². The molecule has 80 valence electrons. The molecule has 1 aromatic rings. The first-order valence-electron chi connectivity index (χ1n) is 4.57. The third-order valence-corrected chi connectivity index (χ3v) is 2.04. The number of hydrogen-bond acceptors (Lipinski definition) is 4. The average molecular weight is 209 g/mol. The van der Waals surface area contributed by atoms with Crippen molar-refractivity contribution in [3.63, 3.8) is 0 Å². The Balaban J connectivity index is 1.95. The van der Waals surface area contributed by atoms with Gasteiger partial charge < -0.3 is 19.9 Å². The summed E-state index contributed by atoms with van der Waals surface area (Å²) in [6, 6.07) is 5.54. The van der Waals surface area contributed by atoms with Crippen molar-refractivity contribution in [2.24, 2.45) is 0 Å². The minimum absolute atomic E-state index is 0.0472. The van der Waals surface area contributed by atoms with Crippen LogP contribution in [0.3, 0.4) is 0 Å². The quantitative estimate of drug-likeness (QED) is 0.759. The second-order valence-corrected chi connectivity index (χ2v) is 3.18. The van der Waals surface area contributed by atoms with E-state index in [1.165, 1.54) is 0 Å². The third kappa shape index (κ3) is 2.38. The van der Waals surface area contributed by atoms with Gasteiger partial charge in [-0.3, -0.25) is 4.79 Å². The van der Waals surface area contributed by atoms with Gasteiger partial charge in [0.25, 0.3) is 0 Å². The Morgan fingerprint density at radius 2 is 2.20 bits per heavy atom. The molecule has 0 amide bonds. The first-order valence-corrected chi connectivity index (χ1v) is 4.57. The molecule has 0 bridgehead atoms. The summed E-state index contributed by atoms with van der Waals surface area (Å²) in [5.74, 6) is 0.581. The van der Waals surface area contributed by atoms with Crippen LogP contribution in [0.25, 0.3) is 0 Å². The molecule has 1 heterocycles. The first-order chi connectivity index (χ1) is 7.25. The second kappa shape index (κ2) is 4.18. The van der Waals surface area contributed by atoms with Gasteiger partial charge in [0.05, 0.1) is 6.54 Å². The summed E-state index contributed by atoms with van der Waals surface area (Å²) in [4.78, 5) is 10.3. The summed E-state index contributed by atoms with van der Waals surface area (Å²) in [6.45, 7) is 0.707. The number of rotatable bonds is 4. The molecule has 0 saturated carbocycles. The van der Waals surface area contributed by atoms with Gasteiger partial charge in [-0.05, 0) is 17.7 Å². The number of carboxylic acid groups (broad SMARTS) is 1. The van der Waals surface area contributed by atoms with Crippen molar-refractivity contribution in [1.29, 1.82) is 0 Å². The van der Waals surface area contributed by atoms with E-state index in [1.807, 2.05) is 18.2 Å². The molecule has 0 unspecified atom stereocenters. The zero-order valence-corrected chi connectivity index (χ0v) is 8.03. The fourth-order valence-electron chi connectivity index (χ4n) is 1.36. The zero-order valence-electron chi connectivity index (χ0n) is 8.03. The summed E-state index contributed by atoms with van der Waals surface area (Å²) >= 11 is 0. The van der Waals surface area contributed by atoms with Crippen LogP contribution in [0.5, 0.6) is 11.5 Å². The van der Waals surface area contributed by atoms with E-state index in [0.29, 0.717) is 12.3 Å². The van der Waals surface area contributed by atoms with Crippen LogP contribution >= 0.6 is 0 Å². The van der Waals surface area contributed by atoms with Crippen LogP contribution in [0.1, 0.15) is 5.56 Å². The molecule has 0 saturated heterocycles. The Kier molecular flexibility index (Phi) is 2.73. The lowest BCUT2D eigenvalue weighted by Gasteiger charge is -2.03. The van der Waals surface area contributed by atoms with Gasteiger partial charge in [0.15, 0.2) is 11.5 Å². The largest absolute Gasteiger partial charge is 0.480 e. The van der Waals surface area contributed by atoms with E-state index in [0.717, 1.165) is 11.3 Å². The summed E-state index contributed by atoms with van der Waals surface area (Å²) in [7, 11) is 0. The normalized spacial score (nSPS) is 12.8. The van der Waals surface area contributed by atoms with Crippen LogP contribution in [0.4, 0.5) is 0 Å². The molecule has 0 aromatic heterocycles. The highest BCUT2D eigenvalue weighted by Crippen LogP contribution is 2.32. The molecule has 1 aliphatic heterocycles. The van der Waals surface area contributed by atoms with Crippen molar-refractivity contribution in [3.05, 3.63) is 23.8 Å². The summed E-state index contributed by atoms with van der Waals surface area (Å²) in [5.41, 5.74) is 0.973. The molecule has 2 N–H and O–H groups in total. The van der Waals surface area contributed by atoms with Gasteiger partial charge in [0.1, 0.15) is 0 Å². The third-order valence-electron chi connectivity index (χ3n) is 2.04. The number of nitrogens with one attached hydrogen (secondary N) is 1. The van der Waals surface area contributed by atoms with Gasteiger partial charge in [-0.15, -0.1) is 0 Å². The maximum absolute atomic E-state index is 10.3. The number of fused-ring (bicyclic) bond motifs is 1. The highest BCUT2D eigenvalue weighted by atomic mass is 16.7. The van der Waals surface area contributed by atoms with Crippen LogP contribution in [-0.2, 0) is 11.3 Å². The molecular weight excluding hydrogens is 198 g/mol. The lowest BCUT2D eigenvalue weighted by molar-refractivity contribution is -0.135. The fourth-order valence-corrected chi connectivity index (χ4v) is 1.36. The van der Waals surface area contributed by atoms with Crippen molar-refractivity contribution < 1.29 is 19.4 Å². The van der Waals surface area contributed by atoms with Crippen LogP contribution in [-0.4, -0.2) is 24.4 Å². The van der Waals surface area contributed by atoms with Crippen LogP contribution in [0.2, 0.25) is 0 Å². The minimum Gasteiger partial charge on any atom is -0.480 e. The first kappa shape index (κ1) is 9.79. The molecule has 15 heavy (non-hydrogen) atoms. The highest BCUT2D eigenvalue weighted by Gasteiger charge is 2.12. The molecule has 0 atom stereocenters. The van der Waals surface area contributed by atoms with Crippen molar-refractivity contribution in [2.45, 2.75) is 6.54 Å². The topological polar surface area (TPSA) is 67.8 Å². The van der Waals surface area contributed by atoms with Crippen molar-refractivity contribution >= 4 is 5.97 Å². The Labute approximate surface area is 86.6 Å². The highest BCUT2D eigenvalue weighted by molar-refractivity contribution is 5.69. The number of ether oxygens (including phenoxy) is 2. The summed E-state index contributed by atoms with van der Waals surface area (Å²) in [5, 5.41) is 11.2. The standard InChI is InChI=1S/C10H11NO4/c12-10(13)5-11-4-7-1-2-8-9(3-7)15-6-14-8/h1-3,11H,4-6H2,(H,12,13). The Morgan fingerprint density at radius 3 is 3.00 bits per heavy atom. The molecule has 5 nitrogen and oxygen atoms in total. The van der Waals surface area contributed by atoms with E-state index in [2.05, 4.69) is 5.32 Å². The van der Waals surface area contributed by atoms with Gasteiger partial charge in [-0.25, -0.2) is 0 Å². The van der Waals surface area contributed by atoms with Gasteiger partial charge in [0.2, 0.25) is 6.79 Å². The van der Waals surface area contributed by atoms with E-state index >= 15 is 0 Å². The molecule has 1 aliphatic rings. The lowest BCUT2D eigenvalue weighted by Crippen LogP contribution is -2.21. The smallest absolute Gasteiger partial charge is 0.317 e. The van der Waals surface area contributed by atoms with E-state index in [4.69, 9.17) is 14.6 Å². The number of hydrogen-bond donors (Lipinski definition) is 2. The van der Waals surface area contributed by atoms with E-state index < -0.39 is 5.97 Å². The summed E-state index contributed by atoms with van der Waals surface area (Å²) < 4.78 is 10.4. The second-order valence-electron chi connectivity index (χ2n) is 3.18. The predicted molar refractivity (Wildman–Crippen MR) is 51.9 cm³/mol. The summed E-state index contributed by atoms with van der Waals surface area (Å²) in [6.07, 6.45) is 0. The number of aliphatic carboxylic acids is 1. The maximum atomic E-state index is 10.3. The number of carbonyl (C=O) groups is 1. The fraction of sp³-hybridized carbons (Fsp3) is 0.300. The van der Waals surface area contributed by atoms with Gasteiger partial charge in [-0.2, -0.15) is 0 Å². The van der Waals surface area contributed by atoms with Gasteiger partial charge in [0, 0.05) is 6.54 Å². The molecule has 2 rings (SSSR count). The van der Waals surface area contributed by atoms with Crippen LogP contribution < -0.4 is 14.8 Å². The molecule has 0 spiro atoms. The van der Waals surface area contributed by atoms with Crippen molar-refractivity contribution in [2.75, 3.05) is 13.3 Å². The average Bonchev–Trinajstić information content (AvgIpc) is 2.64. The molecule has 0 fully saturated rings. The Bertz CT molecular complexity index is 378. The van der Waals surface area contributed by atoms with Crippen molar-refractivity contribution in [1.82, 2.24) is 5.32 Å². The van der Waals surface area contributed by atoms with Crippen LogP contribution in [0.15, 0.2) is 18.2 Å². The molecular formula is C10H11NO4. The molecule has 5 heteroatoms.